The lowest BCUT2D eigenvalue weighted by molar-refractivity contribution is 0.252. The van der Waals surface area contributed by atoms with E-state index in [-0.39, 0.29) is 6.03 Å². The Hall–Kier alpha value is -1.58. The molecule has 1 aliphatic rings. The Morgan fingerprint density at radius 3 is 3.00 bits per heavy atom. The molecule has 1 N–H and O–H groups in total. The maximum Gasteiger partial charge on any atom is 0.323 e. The minimum absolute atomic E-state index is 0.0573. The Bertz CT molecular complexity index is 337. The van der Waals surface area contributed by atoms with E-state index in [1.165, 1.54) is 0 Å². The van der Waals surface area contributed by atoms with Gasteiger partial charge in [-0.2, -0.15) is 0 Å². The third-order valence-corrected chi connectivity index (χ3v) is 2.01. The number of carbonyl (C=O) groups is 1. The van der Waals surface area contributed by atoms with Crippen molar-refractivity contribution in [3.8, 4) is 0 Å². The van der Waals surface area contributed by atoms with E-state index < -0.39 is 0 Å². The highest BCUT2D eigenvalue weighted by Crippen LogP contribution is 2.12. The molecule has 0 atom stereocenters. The molecule has 1 aromatic heterocycles. The summed E-state index contributed by atoms with van der Waals surface area (Å²) < 4.78 is 0. The van der Waals surface area contributed by atoms with Crippen LogP contribution in [0.5, 0.6) is 0 Å². The fourth-order valence-corrected chi connectivity index (χ4v) is 1.37. The summed E-state index contributed by atoms with van der Waals surface area (Å²) in [5.41, 5.74) is 0.928. The molecule has 4 heteroatoms. The van der Waals surface area contributed by atoms with Gasteiger partial charge in [-0.25, -0.2) is 9.78 Å². The maximum absolute atomic E-state index is 11.3. The van der Waals surface area contributed by atoms with Gasteiger partial charge in [0.25, 0.3) is 0 Å². The summed E-state index contributed by atoms with van der Waals surface area (Å²) in [6.45, 7) is 3.32. The molecule has 0 spiro atoms. The SMILES string of the molecule is Cc1cccc(N2CCNC2=O)n1. The highest BCUT2D eigenvalue weighted by Gasteiger charge is 2.21. The lowest BCUT2D eigenvalue weighted by atomic mass is 10.3. The van der Waals surface area contributed by atoms with Gasteiger partial charge in [-0.1, -0.05) is 6.07 Å². The van der Waals surface area contributed by atoms with Crippen LogP contribution in [0.3, 0.4) is 0 Å². The average Bonchev–Trinajstić information content (AvgIpc) is 2.51. The third-order valence-electron chi connectivity index (χ3n) is 2.01. The van der Waals surface area contributed by atoms with Gasteiger partial charge in [-0.15, -0.1) is 0 Å². The summed E-state index contributed by atoms with van der Waals surface area (Å²) in [7, 11) is 0. The molecule has 13 heavy (non-hydrogen) atoms. The monoisotopic (exact) mass is 177 g/mol. The molecule has 1 aromatic rings. The van der Waals surface area contributed by atoms with Crippen molar-refractivity contribution in [2.24, 2.45) is 0 Å². The van der Waals surface area contributed by atoms with E-state index >= 15 is 0 Å². The molecule has 1 fully saturated rings. The van der Waals surface area contributed by atoms with Crippen LogP contribution in [0.1, 0.15) is 5.69 Å². The number of nitrogens with zero attached hydrogens (tertiary/aromatic N) is 2. The number of pyridine rings is 1. The first-order valence-electron chi connectivity index (χ1n) is 4.26. The normalized spacial score (nSPS) is 16.1. The zero-order valence-electron chi connectivity index (χ0n) is 7.45. The number of aryl methyl sites for hydroxylation is 1. The number of rotatable bonds is 1. The second kappa shape index (κ2) is 3.05. The van der Waals surface area contributed by atoms with Crippen LogP contribution in [0, 0.1) is 6.92 Å². The highest BCUT2D eigenvalue weighted by molar-refractivity contribution is 5.92. The molecule has 68 valence electrons. The Morgan fingerprint density at radius 2 is 2.38 bits per heavy atom. The molecule has 1 saturated heterocycles. The third kappa shape index (κ3) is 1.47. The van der Waals surface area contributed by atoms with Gasteiger partial charge in [0.05, 0.1) is 0 Å². The number of carbonyl (C=O) groups excluding carboxylic acids is 1. The number of hydrogen-bond donors (Lipinski definition) is 1. The van der Waals surface area contributed by atoms with Crippen LogP contribution >= 0.6 is 0 Å². The second-order valence-electron chi connectivity index (χ2n) is 3.02. The van der Waals surface area contributed by atoms with Gasteiger partial charge in [0.1, 0.15) is 5.82 Å². The fraction of sp³-hybridized carbons (Fsp3) is 0.333. The molecule has 4 nitrogen and oxygen atoms in total. The Kier molecular flexibility index (Phi) is 1.88. The van der Waals surface area contributed by atoms with Gasteiger partial charge in [0, 0.05) is 18.8 Å². The van der Waals surface area contributed by atoms with Crippen molar-refractivity contribution in [2.45, 2.75) is 6.92 Å². The van der Waals surface area contributed by atoms with E-state index in [0.29, 0.717) is 13.1 Å². The molecule has 0 bridgehead atoms. The number of nitrogens with one attached hydrogen (secondary N) is 1. The first kappa shape index (κ1) is 8.04. The number of hydrogen-bond acceptors (Lipinski definition) is 2. The number of urea groups is 1. The van der Waals surface area contributed by atoms with Crippen LogP contribution in [0.2, 0.25) is 0 Å². The van der Waals surface area contributed by atoms with Gasteiger partial charge < -0.3 is 5.32 Å². The van der Waals surface area contributed by atoms with Crippen LogP contribution < -0.4 is 10.2 Å². The van der Waals surface area contributed by atoms with Crippen molar-refractivity contribution < 1.29 is 4.79 Å². The topological polar surface area (TPSA) is 45.2 Å². The molecule has 0 aromatic carbocycles. The molecule has 0 saturated carbocycles. The van der Waals surface area contributed by atoms with Crippen LogP contribution in [0.15, 0.2) is 18.2 Å². The van der Waals surface area contributed by atoms with Gasteiger partial charge in [-0.05, 0) is 19.1 Å². The predicted octanol–water partition coefficient (Wildman–Crippen LogP) is 0.920. The standard InChI is InChI=1S/C9H11N3O/c1-7-3-2-4-8(11-7)12-6-5-10-9(12)13/h2-4H,5-6H2,1H3,(H,10,13). The summed E-state index contributed by atoms with van der Waals surface area (Å²) in [5.74, 6) is 0.731. The predicted molar refractivity (Wildman–Crippen MR) is 49.7 cm³/mol. The van der Waals surface area contributed by atoms with Gasteiger partial charge >= 0.3 is 6.03 Å². The van der Waals surface area contributed by atoms with Gasteiger partial charge in [0.2, 0.25) is 0 Å². The first-order chi connectivity index (χ1) is 6.27. The lowest BCUT2D eigenvalue weighted by Crippen LogP contribution is -2.28. The zero-order valence-corrected chi connectivity index (χ0v) is 7.45. The minimum Gasteiger partial charge on any atom is -0.336 e. The average molecular weight is 177 g/mol. The molecule has 0 radical (unpaired) electrons. The zero-order chi connectivity index (χ0) is 9.26. The molecule has 1 aliphatic heterocycles. The van der Waals surface area contributed by atoms with E-state index in [1.54, 1.807) is 4.90 Å². The smallest absolute Gasteiger partial charge is 0.323 e. The van der Waals surface area contributed by atoms with Crippen molar-refractivity contribution in [1.82, 2.24) is 10.3 Å². The van der Waals surface area contributed by atoms with E-state index in [0.717, 1.165) is 11.5 Å². The summed E-state index contributed by atoms with van der Waals surface area (Å²) >= 11 is 0. The molecule has 2 heterocycles. The molecular formula is C9H11N3O. The van der Waals surface area contributed by atoms with E-state index in [4.69, 9.17) is 0 Å². The van der Waals surface area contributed by atoms with E-state index in [2.05, 4.69) is 10.3 Å². The quantitative estimate of drug-likeness (QED) is 0.693. The fourth-order valence-electron chi connectivity index (χ4n) is 1.37. The Morgan fingerprint density at radius 1 is 1.54 bits per heavy atom. The molecule has 2 amide bonds. The van der Waals surface area contributed by atoms with Crippen LogP contribution in [0.25, 0.3) is 0 Å². The molecular weight excluding hydrogens is 166 g/mol. The Labute approximate surface area is 76.6 Å². The molecule has 0 unspecified atom stereocenters. The first-order valence-corrected chi connectivity index (χ1v) is 4.26. The maximum atomic E-state index is 11.3. The minimum atomic E-state index is -0.0573. The number of aromatic nitrogens is 1. The highest BCUT2D eigenvalue weighted by atomic mass is 16.2. The van der Waals surface area contributed by atoms with Crippen molar-refractivity contribution in [2.75, 3.05) is 18.0 Å². The Balaban J connectivity index is 2.29. The van der Waals surface area contributed by atoms with Gasteiger partial charge in [0.15, 0.2) is 0 Å². The van der Waals surface area contributed by atoms with Crippen LogP contribution in [0.4, 0.5) is 10.6 Å². The van der Waals surface area contributed by atoms with Crippen molar-refractivity contribution >= 4 is 11.8 Å². The van der Waals surface area contributed by atoms with Gasteiger partial charge in [-0.3, -0.25) is 4.90 Å². The molecule has 0 aliphatic carbocycles. The van der Waals surface area contributed by atoms with Crippen molar-refractivity contribution in [1.29, 1.82) is 0 Å². The number of anilines is 1. The largest absolute Gasteiger partial charge is 0.336 e. The lowest BCUT2D eigenvalue weighted by Gasteiger charge is -2.12. The summed E-state index contributed by atoms with van der Waals surface area (Å²) in [5, 5.41) is 2.73. The summed E-state index contributed by atoms with van der Waals surface area (Å²) in [6, 6.07) is 5.61. The number of amides is 2. The van der Waals surface area contributed by atoms with E-state index in [9.17, 15) is 4.79 Å². The van der Waals surface area contributed by atoms with E-state index in [1.807, 2.05) is 25.1 Å². The van der Waals surface area contributed by atoms with Crippen LogP contribution in [-0.4, -0.2) is 24.1 Å². The summed E-state index contributed by atoms with van der Waals surface area (Å²) in [6.07, 6.45) is 0. The summed E-state index contributed by atoms with van der Waals surface area (Å²) in [4.78, 5) is 17.2. The molecule has 2 rings (SSSR count). The van der Waals surface area contributed by atoms with Crippen molar-refractivity contribution in [3.05, 3.63) is 23.9 Å². The van der Waals surface area contributed by atoms with Crippen LogP contribution in [-0.2, 0) is 0 Å². The van der Waals surface area contributed by atoms with Crippen molar-refractivity contribution in [3.63, 3.8) is 0 Å². The second-order valence-corrected chi connectivity index (χ2v) is 3.02.